The SMILES string of the molecule is CN(c1cc(F)cc(/C=C/C(=O)O)c1)C1CCOCC1. The first-order valence-corrected chi connectivity index (χ1v) is 6.58. The lowest BCUT2D eigenvalue weighted by Crippen LogP contribution is -2.36. The number of carboxylic acid groups (broad SMARTS) is 1. The lowest BCUT2D eigenvalue weighted by molar-refractivity contribution is -0.131. The van der Waals surface area contributed by atoms with Gasteiger partial charge in [0.2, 0.25) is 0 Å². The van der Waals surface area contributed by atoms with Crippen molar-refractivity contribution in [2.24, 2.45) is 0 Å². The summed E-state index contributed by atoms with van der Waals surface area (Å²) < 4.78 is 19.0. The zero-order chi connectivity index (χ0) is 14.5. The highest BCUT2D eigenvalue weighted by Gasteiger charge is 2.19. The molecule has 1 aliphatic rings. The molecule has 1 aromatic carbocycles. The number of aliphatic carboxylic acids is 1. The van der Waals surface area contributed by atoms with Crippen molar-refractivity contribution in [3.63, 3.8) is 0 Å². The minimum absolute atomic E-state index is 0.321. The first-order chi connectivity index (χ1) is 9.56. The smallest absolute Gasteiger partial charge is 0.328 e. The fraction of sp³-hybridized carbons (Fsp3) is 0.400. The molecule has 4 nitrogen and oxygen atoms in total. The molecule has 0 amide bonds. The van der Waals surface area contributed by atoms with E-state index in [2.05, 4.69) is 0 Å². The Hall–Kier alpha value is -1.88. The van der Waals surface area contributed by atoms with Crippen molar-refractivity contribution in [3.8, 4) is 0 Å². The number of anilines is 1. The van der Waals surface area contributed by atoms with Gasteiger partial charge in [-0.1, -0.05) is 0 Å². The maximum Gasteiger partial charge on any atom is 0.328 e. The summed E-state index contributed by atoms with van der Waals surface area (Å²) in [6, 6.07) is 4.90. The summed E-state index contributed by atoms with van der Waals surface area (Å²) in [7, 11) is 1.93. The maximum atomic E-state index is 13.6. The molecule has 1 N–H and O–H groups in total. The zero-order valence-corrected chi connectivity index (χ0v) is 11.4. The number of nitrogens with zero attached hydrogens (tertiary/aromatic N) is 1. The van der Waals surface area contributed by atoms with Gasteiger partial charge in [0, 0.05) is 38.1 Å². The zero-order valence-electron chi connectivity index (χ0n) is 11.4. The second-order valence-electron chi connectivity index (χ2n) is 4.87. The van der Waals surface area contributed by atoms with Crippen molar-refractivity contribution in [1.82, 2.24) is 0 Å². The van der Waals surface area contributed by atoms with Gasteiger partial charge in [0.1, 0.15) is 5.82 Å². The molecule has 20 heavy (non-hydrogen) atoms. The van der Waals surface area contributed by atoms with Crippen LogP contribution in [0.5, 0.6) is 0 Å². The Morgan fingerprint density at radius 1 is 1.40 bits per heavy atom. The minimum Gasteiger partial charge on any atom is -0.478 e. The Morgan fingerprint density at radius 3 is 2.75 bits per heavy atom. The van der Waals surface area contributed by atoms with Crippen LogP contribution in [-0.2, 0) is 9.53 Å². The molecule has 0 unspecified atom stereocenters. The summed E-state index contributed by atoms with van der Waals surface area (Å²) in [5.74, 6) is -1.42. The molecule has 0 spiro atoms. The van der Waals surface area contributed by atoms with Gasteiger partial charge in [-0.3, -0.25) is 0 Å². The van der Waals surface area contributed by atoms with Crippen LogP contribution >= 0.6 is 0 Å². The second kappa shape index (κ2) is 6.52. The predicted octanol–water partition coefficient (Wildman–Crippen LogP) is 2.54. The molecule has 0 bridgehead atoms. The Kier molecular flexibility index (Phi) is 4.74. The third kappa shape index (κ3) is 3.81. The van der Waals surface area contributed by atoms with Gasteiger partial charge in [0.25, 0.3) is 0 Å². The van der Waals surface area contributed by atoms with Crippen LogP contribution in [0.25, 0.3) is 6.08 Å². The number of hydrogen-bond acceptors (Lipinski definition) is 3. The van der Waals surface area contributed by atoms with E-state index in [0.717, 1.165) is 37.8 Å². The highest BCUT2D eigenvalue weighted by atomic mass is 19.1. The number of rotatable bonds is 4. The molecule has 0 aromatic heterocycles. The fourth-order valence-electron chi connectivity index (χ4n) is 2.35. The monoisotopic (exact) mass is 279 g/mol. The second-order valence-corrected chi connectivity index (χ2v) is 4.87. The molecule has 0 saturated carbocycles. The summed E-state index contributed by atoms with van der Waals surface area (Å²) in [5.41, 5.74) is 1.29. The van der Waals surface area contributed by atoms with Gasteiger partial charge >= 0.3 is 5.97 Å². The number of ether oxygens (including phenoxy) is 1. The van der Waals surface area contributed by atoms with Gasteiger partial charge in [-0.25, -0.2) is 9.18 Å². The number of benzene rings is 1. The largest absolute Gasteiger partial charge is 0.478 e. The molecule has 1 aromatic rings. The van der Waals surface area contributed by atoms with Crippen molar-refractivity contribution < 1.29 is 19.0 Å². The molecular weight excluding hydrogens is 261 g/mol. The summed E-state index contributed by atoms with van der Waals surface area (Å²) >= 11 is 0. The molecule has 2 rings (SSSR count). The summed E-state index contributed by atoms with van der Waals surface area (Å²) in [5, 5.41) is 8.62. The van der Waals surface area contributed by atoms with Crippen molar-refractivity contribution in [1.29, 1.82) is 0 Å². The van der Waals surface area contributed by atoms with E-state index in [4.69, 9.17) is 9.84 Å². The van der Waals surface area contributed by atoms with Crippen molar-refractivity contribution in [3.05, 3.63) is 35.7 Å². The van der Waals surface area contributed by atoms with Crippen LogP contribution in [0.1, 0.15) is 18.4 Å². The van der Waals surface area contributed by atoms with Crippen molar-refractivity contribution in [2.75, 3.05) is 25.2 Å². The minimum atomic E-state index is -1.05. The van der Waals surface area contributed by atoms with E-state index in [0.29, 0.717) is 11.6 Å². The third-order valence-electron chi connectivity index (χ3n) is 3.47. The molecular formula is C15H18FNO3. The predicted molar refractivity (Wildman–Crippen MR) is 75.3 cm³/mol. The molecule has 1 fully saturated rings. The van der Waals surface area contributed by atoms with Crippen molar-refractivity contribution >= 4 is 17.7 Å². The number of halogens is 1. The standard InChI is InChI=1S/C15H18FNO3/c1-17(13-4-6-20-7-5-13)14-9-11(2-3-15(18)19)8-12(16)10-14/h2-3,8-10,13H,4-7H2,1H3,(H,18,19)/b3-2+. The Labute approximate surface area is 117 Å². The van der Waals surface area contributed by atoms with E-state index in [1.54, 1.807) is 6.07 Å². The fourth-order valence-corrected chi connectivity index (χ4v) is 2.35. The Balaban J connectivity index is 2.20. The molecule has 0 atom stereocenters. The van der Waals surface area contributed by atoms with Gasteiger partial charge in [0.15, 0.2) is 0 Å². The van der Waals surface area contributed by atoms with Gasteiger partial charge in [0.05, 0.1) is 0 Å². The van der Waals surface area contributed by atoms with Crippen molar-refractivity contribution in [2.45, 2.75) is 18.9 Å². The summed E-state index contributed by atoms with van der Waals surface area (Å²) in [6.07, 6.45) is 4.22. The average molecular weight is 279 g/mol. The van der Waals surface area contributed by atoms with Gasteiger partial charge in [-0.05, 0) is 42.7 Å². The number of hydrogen-bond donors (Lipinski definition) is 1. The maximum absolute atomic E-state index is 13.6. The van der Waals surface area contributed by atoms with Crippen LogP contribution in [0.4, 0.5) is 10.1 Å². The molecule has 1 saturated heterocycles. The summed E-state index contributed by atoms with van der Waals surface area (Å²) in [6.45, 7) is 1.44. The summed E-state index contributed by atoms with van der Waals surface area (Å²) in [4.78, 5) is 12.6. The van der Waals surface area contributed by atoms with Gasteiger partial charge in [-0.15, -0.1) is 0 Å². The van der Waals surface area contributed by atoms with E-state index in [1.807, 2.05) is 11.9 Å². The molecule has 0 aliphatic carbocycles. The van der Waals surface area contributed by atoms with Crippen LogP contribution in [0.2, 0.25) is 0 Å². The topological polar surface area (TPSA) is 49.8 Å². The van der Waals surface area contributed by atoms with Crippen LogP contribution in [0.3, 0.4) is 0 Å². The van der Waals surface area contributed by atoms with E-state index < -0.39 is 5.97 Å². The lowest BCUT2D eigenvalue weighted by Gasteiger charge is -2.33. The first-order valence-electron chi connectivity index (χ1n) is 6.58. The number of carboxylic acids is 1. The average Bonchev–Trinajstić information content (AvgIpc) is 2.44. The van der Waals surface area contributed by atoms with Crippen LogP contribution in [-0.4, -0.2) is 37.4 Å². The lowest BCUT2D eigenvalue weighted by atomic mass is 10.1. The molecule has 5 heteroatoms. The van der Waals surface area contributed by atoms with E-state index in [-0.39, 0.29) is 5.82 Å². The van der Waals surface area contributed by atoms with Gasteiger partial charge in [-0.2, -0.15) is 0 Å². The van der Waals surface area contributed by atoms with E-state index in [9.17, 15) is 9.18 Å². The van der Waals surface area contributed by atoms with Crippen LogP contribution in [0, 0.1) is 5.82 Å². The Morgan fingerprint density at radius 2 is 2.10 bits per heavy atom. The highest BCUT2D eigenvalue weighted by molar-refractivity contribution is 5.85. The molecule has 108 valence electrons. The normalized spacial score (nSPS) is 16.5. The van der Waals surface area contributed by atoms with Gasteiger partial charge < -0.3 is 14.7 Å². The first kappa shape index (κ1) is 14.5. The highest BCUT2D eigenvalue weighted by Crippen LogP contribution is 2.24. The third-order valence-corrected chi connectivity index (χ3v) is 3.47. The van der Waals surface area contributed by atoms with Crippen LogP contribution < -0.4 is 4.90 Å². The number of carbonyl (C=O) groups is 1. The molecule has 1 heterocycles. The van der Waals surface area contributed by atoms with E-state index >= 15 is 0 Å². The Bertz CT molecular complexity index is 510. The quantitative estimate of drug-likeness (QED) is 0.860. The van der Waals surface area contributed by atoms with E-state index in [1.165, 1.54) is 18.2 Å². The molecule has 1 aliphatic heterocycles. The van der Waals surface area contributed by atoms with Crippen LogP contribution in [0.15, 0.2) is 24.3 Å². The molecule has 0 radical (unpaired) electrons.